The molecule has 3 heteroatoms. The van der Waals surface area contributed by atoms with Crippen molar-refractivity contribution in [2.75, 3.05) is 20.2 Å². The third kappa shape index (κ3) is 1.98. The first-order valence-corrected chi connectivity index (χ1v) is 5.27. The number of nitrogens with one attached hydrogen (secondary N) is 1. The summed E-state index contributed by atoms with van der Waals surface area (Å²) in [4.78, 5) is 0. The number of hydrogen-bond acceptors (Lipinski definition) is 3. The summed E-state index contributed by atoms with van der Waals surface area (Å²) < 4.78 is 5.22. The Balaban J connectivity index is 2.29. The van der Waals surface area contributed by atoms with Gasteiger partial charge in [-0.2, -0.15) is 0 Å². The first-order chi connectivity index (χ1) is 7.13. The Kier molecular flexibility index (Phi) is 2.67. The minimum absolute atomic E-state index is 0.160. The molecule has 1 aliphatic rings. The Labute approximate surface area is 90.6 Å². The van der Waals surface area contributed by atoms with E-state index in [2.05, 4.69) is 24.4 Å². The molecular weight excluding hydrogens is 188 g/mol. The maximum atomic E-state index is 6.24. The van der Waals surface area contributed by atoms with E-state index >= 15 is 0 Å². The molecule has 0 aliphatic carbocycles. The van der Waals surface area contributed by atoms with Crippen LogP contribution in [0, 0.1) is 0 Å². The highest BCUT2D eigenvalue weighted by atomic mass is 16.5. The average molecular weight is 206 g/mol. The zero-order chi connectivity index (χ0) is 10.9. The predicted molar refractivity (Wildman–Crippen MR) is 61.2 cm³/mol. The third-order valence-corrected chi connectivity index (χ3v) is 3.15. The van der Waals surface area contributed by atoms with Crippen LogP contribution in [-0.2, 0) is 0 Å². The van der Waals surface area contributed by atoms with Gasteiger partial charge >= 0.3 is 0 Å². The van der Waals surface area contributed by atoms with E-state index in [9.17, 15) is 0 Å². The van der Waals surface area contributed by atoms with Gasteiger partial charge in [0.2, 0.25) is 0 Å². The van der Waals surface area contributed by atoms with E-state index in [1.54, 1.807) is 7.11 Å². The fourth-order valence-corrected chi connectivity index (χ4v) is 2.20. The van der Waals surface area contributed by atoms with Gasteiger partial charge in [-0.3, -0.25) is 0 Å². The number of benzene rings is 1. The number of hydrogen-bond donors (Lipinski definition) is 2. The molecule has 1 heterocycles. The molecule has 15 heavy (non-hydrogen) atoms. The molecule has 2 unspecified atom stereocenters. The van der Waals surface area contributed by atoms with E-state index in [1.165, 1.54) is 5.56 Å². The van der Waals surface area contributed by atoms with E-state index in [4.69, 9.17) is 10.5 Å². The quantitative estimate of drug-likeness (QED) is 0.761. The number of ether oxygens (including phenoxy) is 1. The van der Waals surface area contributed by atoms with Gasteiger partial charge in [0, 0.05) is 24.5 Å². The highest BCUT2D eigenvalue weighted by Crippen LogP contribution is 2.31. The molecule has 1 aromatic carbocycles. The van der Waals surface area contributed by atoms with Gasteiger partial charge in [-0.05, 0) is 24.6 Å². The van der Waals surface area contributed by atoms with Gasteiger partial charge in [-0.1, -0.05) is 12.1 Å². The second-order valence-corrected chi connectivity index (χ2v) is 4.47. The first-order valence-electron chi connectivity index (χ1n) is 5.27. The van der Waals surface area contributed by atoms with Crippen molar-refractivity contribution in [1.82, 2.24) is 5.32 Å². The lowest BCUT2D eigenvalue weighted by molar-refractivity contribution is 0.411. The molecule has 2 atom stereocenters. The molecule has 82 valence electrons. The first kappa shape index (κ1) is 10.5. The summed E-state index contributed by atoms with van der Waals surface area (Å²) in [5, 5.41) is 3.33. The van der Waals surface area contributed by atoms with Crippen molar-refractivity contribution in [3.63, 3.8) is 0 Å². The van der Waals surface area contributed by atoms with Crippen LogP contribution in [0.15, 0.2) is 24.3 Å². The minimum atomic E-state index is -0.160. The highest BCUT2D eigenvalue weighted by Gasteiger charge is 2.36. The Morgan fingerprint density at radius 3 is 2.93 bits per heavy atom. The summed E-state index contributed by atoms with van der Waals surface area (Å²) in [6.07, 6.45) is 0. The monoisotopic (exact) mass is 206 g/mol. The summed E-state index contributed by atoms with van der Waals surface area (Å²) in [5.74, 6) is 1.27. The van der Waals surface area contributed by atoms with Gasteiger partial charge in [0.1, 0.15) is 5.75 Å². The Hall–Kier alpha value is -1.06. The molecule has 2 rings (SSSR count). The van der Waals surface area contributed by atoms with E-state index in [0.29, 0.717) is 5.92 Å². The standard InChI is InChI=1S/C12H18N2O/c1-12(13)8-14-7-11(12)9-4-3-5-10(6-9)15-2/h3-6,11,14H,7-8,13H2,1-2H3. The molecular formula is C12H18N2O. The molecule has 1 aliphatic heterocycles. The summed E-state index contributed by atoms with van der Waals surface area (Å²) in [7, 11) is 1.69. The summed E-state index contributed by atoms with van der Waals surface area (Å²) >= 11 is 0. The normalized spacial score (nSPS) is 30.5. The van der Waals surface area contributed by atoms with Crippen LogP contribution in [0.3, 0.4) is 0 Å². The van der Waals surface area contributed by atoms with E-state index in [-0.39, 0.29) is 5.54 Å². The smallest absolute Gasteiger partial charge is 0.119 e. The van der Waals surface area contributed by atoms with Gasteiger partial charge in [-0.15, -0.1) is 0 Å². The molecule has 0 bridgehead atoms. The lowest BCUT2D eigenvalue weighted by Gasteiger charge is -2.26. The van der Waals surface area contributed by atoms with Gasteiger partial charge in [0.15, 0.2) is 0 Å². The van der Waals surface area contributed by atoms with Crippen molar-refractivity contribution < 1.29 is 4.74 Å². The highest BCUT2D eigenvalue weighted by molar-refractivity contribution is 5.34. The Morgan fingerprint density at radius 2 is 2.33 bits per heavy atom. The third-order valence-electron chi connectivity index (χ3n) is 3.15. The Morgan fingerprint density at radius 1 is 1.53 bits per heavy atom. The van der Waals surface area contributed by atoms with E-state index < -0.39 is 0 Å². The van der Waals surface area contributed by atoms with Gasteiger partial charge < -0.3 is 15.8 Å². The van der Waals surface area contributed by atoms with Gasteiger partial charge in [0.25, 0.3) is 0 Å². The number of methoxy groups -OCH3 is 1. The number of nitrogens with two attached hydrogens (primary N) is 1. The average Bonchev–Trinajstić information content (AvgIpc) is 2.58. The van der Waals surface area contributed by atoms with Crippen LogP contribution in [0.2, 0.25) is 0 Å². The van der Waals surface area contributed by atoms with Crippen molar-refractivity contribution in [3.8, 4) is 5.75 Å². The second kappa shape index (κ2) is 3.83. The molecule has 1 fully saturated rings. The molecule has 0 saturated carbocycles. The summed E-state index contributed by atoms with van der Waals surface area (Å²) in [5.41, 5.74) is 7.34. The maximum Gasteiger partial charge on any atom is 0.119 e. The molecule has 0 spiro atoms. The van der Waals surface area contributed by atoms with Gasteiger partial charge in [0.05, 0.1) is 7.11 Å². The maximum absolute atomic E-state index is 6.24. The zero-order valence-corrected chi connectivity index (χ0v) is 9.29. The van der Waals surface area contributed by atoms with Crippen molar-refractivity contribution in [1.29, 1.82) is 0 Å². The lowest BCUT2D eigenvalue weighted by Crippen LogP contribution is -2.42. The topological polar surface area (TPSA) is 47.3 Å². The fraction of sp³-hybridized carbons (Fsp3) is 0.500. The van der Waals surface area contributed by atoms with Crippen molar-refractivity contribution in [3.05, 3.63) is 29.8 Å². The second-order valence-electron chi connectivity index (χ2n) is 4.47. The predicted octanol–water partition coefficient (Wildman–Crippen LogP) is 1.10. The molecule has 1 aromatic rings. The molecule has 1 saturated heterocycles. The SMILES string of the molecule is COc1cccc(C2CNCC2(C)N)c1. The fourth-order valence-electron chi connectivity index (χ4n) is 2.20. The largest absolute Gasteiger partial charge is 0.497 e. The van der Waals surface area contributed by atoms with Crippen molar-refractivity contribution in [2.45, 2.75) is 18.4 Å². The van der Waals surface area contributed by atoms with Crippen LogP contribution >= 0.6 is 0 Å². The zero-order valence-electron chi connectivity index (χ0n) is 9.29. The van der Waals surface area contributed by atoms with Crippen molar-refractivity contribution in [2.24, 2.45) is 5.73 Å². The molecule has 3 N–H and O–H groups in total. The molecule has 0 aromatic heterocycles. The van der Waals surface area contributed by atoms with Gasteiger partial charge in [-0.25, -0.2) is 0 Å². The van der Waals surface area contributed by atoms with Crippen LogP contribution in [0.4, 0.5) is 0 Å². The van der Waals surface area contributed by atoms with Crippen LogP contribution in [0.1, 0.15) is 18.4 Å². The molecule has 0 amide bonds. The molecule has 3 nitrogen and oxygen atoms in total. The van der Waals surface area contributed by atoms with Crippen LogP contribution in [-0.4, -0.2) is 25.7 Å². The Bertz CT molecular complexity index is 349. The number of rotatable bonds is 2. The van der Waals surface area contributed by atoms with Crippen LogP contribution < -0.4 is 15.8 Å². The van der Waals surface area contributed by atoms with Crippen LogP contribution in [0.25, 0.3) is 0 Å². The summed E-state index contributed by atoms with van der Waals surface area (Å²) in [6, 6.07) is 8.16. The molecule has 0 radical (unpaired) electrons. The summed E-state index contributed by atoms with van der Waals surface area (Å²) in [6.45, 7) is 3.91. The minimum Gasteiger partial charge on any atom is -0.497 e. The lowest BCUT2D eigenvalue weighted by atomic mass is 9.84. The van der Waals surface area contributed by atoms with E-state index in [0.717, 1.165) is 18.8 Å². The van der Waals surface area contributed by atoms with Crippen molar-refractivity contribution >= 4 is 0 Å². The van der Waals surface area contributed by atoms with E-state index in [1.807, 2.05) is 12.1 Å². The van der Waals surface area contributed by atoms with Crippen LogP contribution in [0.5, 0.6) is 5.75 Å².